The van der Waals surface area contributed by atoms with Crippen molar-refractivity contribution in [3.8, 4) is 0 Å². The van der Waals surface area contributed by atoms with Crippen LogP contribution in [-0.4, -0.2) is 16.0 Å². The fraction of sp³-hybridized carbons (Fsp3) is 0.600. The third-order valence-corrected chi connectivity index (χ3v) is 2.85. The van der Waals surface area contributed by atoms with E-state index in [0.29, 0.717) is 5.92 Å². The Morgan fingerprint density at radius 2 is 2.06 bits per heavy atom. The van der Waals surface area contributed by atoms with Gasteiger partial charge in [-0.25, -0.2) is 9.97 Å². The fourth-order valence-electron chi connectivity index (χ4n) is 1.57. The summed E-state index contributed by atoms with van der Waals surface area (Å²) in [5.74, 6) is -0.578. The third-order valence-electron chi connectivity index (χ3n) is 2.65. The Balaban J connectivity index is 2.19. The van der Waals surface area contributed by atoms with Crippen LogP contribution in [0.15, 0.2) is 6.07 Å². The van der Waals surface area contributed by atoms with Crippen molar-refractivity contribution in [1.29, 1.82) is 0 Å². The first-order chi connectivity index (χ1) is 7.86. The van der Waals surface area contributed by atoms with E-state index in [2.05, 4.69) is 15.3 Å². The van der Waals surface area contributed by atoms with Crippen molar-refractivity contribution < 1.29 is 13.2 Å². The van der Waals surface area contributed by atoms with E-state index in [9.17, 15) is 13.2 Å². The van der Waals surface area contributed by atoms with Crippen LogP contribution >= 0.6 is 11.6 Å². The Labute approximate surface area is 101 Å². The Kier molecular flexibility index (Phi) is 3.16. The van der Waals surface area contributed by atoms with Crippen molar-refractivity contribution in [3.05, 3.63) is 17.0 Å². The minimum atomic E-state index is -4.58. The monoisotopic (exact) mass is 265 g/mol. The molecule has 94 valence electrons. The summed E-state index contributed by atoms with van der Waals surface area (Å²) in [6.45, 7) is 1.92. The van der Waals surface area contributed by atoms with Gasteiger partial charge in [-0.1, -0.05) is 11.6 Å². The van der Waals surface area contributed by atoms with Crippen LogP contribution < -0.4 is 5.32 Å². The van der Waals surface area contributed by atoms with Gasteiger partial charge in [-0.3, -0.25) is 0 Å². The molecule has 1 aliphatic rings. The number of hydrogen-bond donors (Lipinski definition) is 1. The molecule has 1 fully saturated rings. The molecule has 0 spiro atoms. The highest BCUT2D eigenvalue weighted by atomic mass is 35.5. The van der Waals surface area contributed by atoms with Crippen LogP contribution in [0.25, 0.3) is 0 Å². The molecule has 1 aromatic rings. The first kappa shape index (κ1) is 12.4. The Hall–Kier alpha value is -1.04. The van der Waals surface area contributed by atoms with Crippen LogP contribution in [0.2, 0.25) is 5.15 Å². The van der Waals surface area contributed by atoms with E-state index in [0.717, 1.165) is 12.8 Å². The van der Waals surface area contributed by atoms with E-state index in [-0.39, 0.29) is 17.0 Å². The zero-order valence-electron chi connectivity index (χ0n) is 9.05. The fourth-order valence-corrected chi connectivity index (χ4v) is 1.75. The second-order valence-electron chi connectivity index (χ2n) is 4.17. The van der Waals surface area contributed by atoms with Gasteiger partial charge in [0.25, 0.3) is 0 Å². The van der Waals surface area contributed by atoms with Crippen molar-refractivity contribution in [1.82, 2.24) is 9.97 Å². The predicted octanol–water partition coefficient (Wildman–Crippen LogP) is 3.36. The highest BCUT2D eigenvalue weighted by Gasteiger charge is 2.36. The lowest BCUT2D eigenvalue weighted by molar-refractivity contribution is -0.144. The number of aromatic nitrogens is 2. The largest absolute Gasteiger partial charge is 0.451 e. The lowest BCUT2D eigenvalue weighted by Gasteiger charge is -2.14. The van der Waals surface area contributed by atoms with Crippen molar-refractivity contribution in [2.75, 3.05) is 5.32 Å². The molecular weight excluding hydrogens is 255 g/mol. The maximum atomic E-state index is 12.4. The van der Waals surface area contributed by atoms with Gasteiger partial charge in [-0.15, -0.1) is 0 Å². The van der Waals surface area contributed by atoms with Gasteiger partial charge in [0, 0.05) is 12.1 Å². The molecule has 1 aliphatic carbocycles. The summed E-state index contributed by atoms with van der Waals surface area (Å²) in [6.07, 6.45) is -2.39. The first-order valence-corrected chi connectivity index (χ1v) is 5.62. The molecule has 0 aromatic carbocycles. The quantitative estimate of drug-likeness (QED) is 0.852. The molecule has 0 saturated heterocycles. The van der Waals surface area contributed by atoms with Gasteiger partial charge in [-0.2, -0.15) is 13.2 Å². The molecule has 0 aliphatic heterocycles. The summed E-state index contributed by atoms with van der Waals surface area (Å²) >= 11 is 5.54. The summed E-state index contributed by atoms with van der Waals surface area (Å²) < 4.78 is 37.3. The van der Waals surface area contributed by atoms with E-state index < -0.39 is 12.0 Å². The molecule has 1 N–H and O–H groups in total. The molecule has 17 heavy (non-hydrogen) atoms. The summed E-state index contributed by atoms with van der Waals surface area (Å²) in [5, 5.41) is 2.71. The second-order valence-corrected chi connectivity index (χ2v) is 4.55. The van der Waals surface area contributed by atoms with Crippen LogP contribution in [0.5, 0.6) is 0 Å². The Bertz CT molecular complexity index is 418. The standard InChI is InChI=1S/C10H11ClF3N3/c1-5(6-2-3-6)15-8-4-7(11)16-9(17-8)10(12,13)14/h4-6H,2-3H2,1H3,(H,15,16,17). The van der Waals surface area contributed by atoms with Gasteiger partial charge in [-0.05, 0) is 25.7 Å². The minimum absolute atomic E-state index is 0.0991. The Morgan fingerprint density at radius 3 is 2.59 bits per heavy atom. The average Bonchev–Trinajstić information content (AvgIpc) is 2.97. The molecule has 3 nitrogen and oxygen atoms in total. The number of rotatable bonds is 3. The predicted molar refractivity (Wildman–Crippen MR) is 57.9 cm³/mol. The summed E-state index contributed by atoms with van der Waals surface area (Å²) in [5.41, 5.74) is 0. The second kappa shape index (κ2) is 4.33. The molecule has 1 unspecified atom stereocenters. The molecule has 1 aromatic heterocycles. The molecule has 0 bridgehead atoms. The highest BCUT2D eigenvalue weighted by Crippen LogP contribution is 2.34. The van der Waals surface area contributed by atoms with Crippen LogP contribution in [0.3, 0.4) is 0 Å². The molecule has 1 atom stereocenters. The minimum Gasteiger partial charge on any atom is -0.367 e. The van der Waals surface area contributed by atoms with Crippen LogP contribution in [0, 0.1) is 5.92 Å². The highest BCUT2D eigenvalue weighted by molar-refractivity contribution is 6.29. The number of halogens is 4. The van der Waals surface area contributed by atoms with E-state index in [1.165, 1.54) is 6.07 Å². The molecular formula is C10H11ClF3N3. The SMILES string of the molecule is CC(Nc1cc(Cl)nc(C(F)(F)F)n1)C1CC1. The molecule has 1 saturated carbocycles. The van der Waals surface area contributed by atoms with E-state index in [4.69, 9.17) is 11.6 Å². The van der Waals surface area contributed by atoms with E-state index >= 15 is 0 Å². The topological polar surface area (TPSA) is 37.8 Å². The van der Waals surface area contributed by atoms with Crippen LogP contribution in [0.1, 0.15) is 25.6 Å². The smallest absolute Gasteiger partial charge is 0.367 e. The number of nitrogens with zero attached hydrogens (tertiary/aromatic N) is 2. The molecule has 0 amide bonds. The van der Waals surface area contributed by atoms with Gasteiger partial charge in [0.05, 0.1) is 0 Å². The first-order valence-electron chi connectivity index (χ1n) is 5.24. The van der Waals surface area contributed by atoms with E-state index in [1.54, 1.807) is 0 Å². The van der Waals surface area contributed by atoms with Gasteiger partial charge in [0.1, 0.15) is 11.0 Å². The van der Waals surface area contributed by atoms with Crippen LogP contribution in [0.4, 0.5) is 19.0 Å². The lowest BCUT2D eigenvalue weighted by Crippen LogP contribution is -2.20. The number of alkyl halides is 3. The maximum Gasteiger partial charge on any atom is 0.451 e. The summed E-state index contributed by atoms with van der Waals surface area (Å²) in [6, 6.07) is 1.40. The van der Waals surface area contributed by atoms with Crippen LogP contribution in [-0.2, 0) is 6.18 Å². The van der Waals surface area contributed by atoms with Gasteiger partial charge < -0.3 is 5.32 Å². The lowest BCUT2D eigenvalue weighted by atomic mass is 10.2. The number of hydrogen-bond acceptors (Lipinski definition) is 3. The normalized spacial score (nSPS) is 17.9. The van der Waals surface area contributed by atoms with Gasteiger partial charge in [0.2, 0.25) is 5.82 Å². The summed E-state index contributed by atoms with van der Waals surface area (Å²) in [4.78, 5) is 6.59. The van der Waals surface area contributed by atoms with Crippen molar-refractivity contribution in [2.24, 2.45) is 5.92 Å². The zero-order valence-corrected chi connectivity index (χ0v) is 9.81. The van der Waals surface area contributed by atoms with Crippen molar-refractivity contribution >= 4 is 17.4 Å². The zero-order chi connectivity index (χ0) is 12.6. The van der Waals surface area contributed by atoms with Gasteiger partial charge >= 0.3 is 6.18 Å². The summed E-state index contributed by atoms with van der Waals surface area (Å²) in [7, 11) is 0. The van der Waals surface area contributed by atoms with Crippen molar-refractivity contribution in [3.63, 3.8) is 0 Å². The Morgan fingerprint density at radius 1 is 1.41 bits per heavy atom. The molecule has 7 heteroatoms. The van der Waals surface area contributed by atoms with E-state index in [1.807, 2.05) is 6.92 Å². The average molecular weight is 266 g/mol. The molecule has 0 radical (unpaired) electrons. The third kappa shape index (κ3) is 3.21. The number of nitrogens with one attached hydrogen (secondary N) is 1. The van der Waals surface area contributed by atoms with Gasteiger partial charge in [0.15, 0.2) is 0 Å². The molecule has 2 rings (SSSR count). The molecule has 1 heterocycles. The number of anilines is 1. The van der Waals surface area contributed by atoms with Crippen molar-refractivity contribution in [2.45, 2.75) is 32.0 Å². The maximum absolute atomic E-state index is 12.4.